The molecule has 22 heavy (non-hydrogen) atoms. The fraction of sp³-hybridized carbons (Fsp3) is 0.500. The van der Waals surface area contributed by atoms with Gasteiger partial charge in [0, 0.05) is 19.0 Å². The summed E-state index contributed by atoms with van der Waals surface area (Å²) in [6, 6.07) is 1.48. The van der Waals surface area contributed by atoms with Gasteiger partial charge in [-0.1, -0.05) is 0 Å². The van der Waals surface area contributed by atoms with Crippen LogP contribution in [0.2, 0.25) is 0 Å². The molecule has 116 valence electrons. The molecule has 1 fully saturated rings. The summed E-state index contributed by atoms with van der Waals surface area (Å²) in [6.45, 7) is 1.47. The molecule has 0 atom stereocenters. The van der Waals surface area contributed by atoms with Crippen molar-refractivity contribution in [3.63, 3.8) is 0 Å². The Labute approximate surface area is 129 Å². The number of fused-ring (bicyclic) bond motifs is 1. The zero-order chi connectivity index (χ0) is 15.3. The first-order chi connectivity index (χ1) is 10.6. The number of alkyl halides is 2. The van der Waals surface area contributed by atoms with Gasteiger partial charge in [0.1, 0.15) is 5.82 Å². The van der Waals surface area contributed by atoms with E-state index in [1.54, 1.807) is 4.90 Å². The summed E-state index contributed by atoms with van der Waals surface area (Å²) in [5, 5.41) is 9.92. The first-order valence-corrected chi connectivity index (χ1v) is 8.10. The first-order valence-electron chi connectivity index (χ1n) is 7.22. The molecule has 1 amide bonds. The van der Waals surface area contributed by atoms with Crippen LogP contribution in [0.15, 0.2) is 11.4 Å². The molecule has 2 aliphatic rings. The Hall–Kier alpha value is -1.83. The molecule has 1 saturated carbocycles. The van der Waals surface area contributed by atoms with Crippen molar-refractivity contribution in [2.45, 2.75) is 38.3 Å². The molecule has 0 N–H and O–H groups in total. The van der Waals surface area contributed by atoms with Gasteiger partial charge in [-0.15, -0.1) is 21.5 Å². The molecule has 0 unspecified atom stereocenters. The summed E-state index contributed by atoms with van der Waals surface area (Å²) >= 11 is 0.921. The highest BCUT2D eigenvalue weighted by molar-refractivity contribution is 7.10. The van der Waals surface area contributed by atoms with Crippen molar-refractivity contribution in [3.8, 4) is 0 Å². The predicted molar refractivity (Wildman–Crippen MR) is 76.0 cm³/mol. The van der Waals surface area contributed by atoms with E-state index in [9.17, 15) is 13.6 Å². The number of carbonyl (C=O) groups is 1. The number of hydrogen-bond acceptors (Lipinski definition) is 4. The Morgan fingerprint density at radius 1 is 1.32 bits per heavy atom. The molecule has 4 rings (SSSR count). The van der Waals surface area contributed by atoms with Crippen LogP contribution in [-0.4, -0.2) is 32.1 Å². The number of halogens is 2. The zero-order valence-electron chi connectivity index (χ0n) is 11.7. The molecular weight excluding hydrogens is 310 g/mol. The van der Waals surface area contributed by atoms with E-state index in [-0.39, 0.29) is 16.3 Å². The number of aromatic nitrogens is 3. The monoisotopic (exact) mass is 324 g/mol. The van der Waals surface area contributed by atoms with E-state index in [1.165, 1.54) is 11.4 Å². The normalized spacial score (nSPS) is 17.9. The SMILES string of the molecule is O=C(c1ccsc1C(F)F)N1CCn2c(nnc2C2CC2)C1. The topological polar surface area (TPSA) is 51.0 Å². The number of thiophene rings is 1. The second-order valence-electron chi connectivity index (χ2n) is 5.63. The molecular formula is C14H14F2N4OS. The number of nitrogens with zero attached hydrogens (tertiary/aromatic N) is 4. The van der Waals surface area contributed by atoms with E-state index in [4.69, 9.17) is 0 Å². The third-order valence-corrected chi connectivity index (χ3v) is 5.06. The summed E-state index contributed by atoms with van der Waals surface area (Å²) in [7, 11) is 0. The van der Waals surface area contributed by atoms with Crippen molar-refractivity contribution in [3.05, 3.63) is 33.5 Å². The van der Waals surface area contributed by atoms with Gasteiger partial charge < -0.3 is 9.47 Å². The average molecular weight is 324 g/mol. The highest BCUT2D eigenvalue weighted by Crippen LogP contribution is 2.39. The maximum atomic E-state index is 12.9. The smallest absolute Gasteiger partial charge is 0.273 e. The van der Waals surface area contributed by atoms with Gasteiger partial charge in [0.15, 0.2) is 5.82 Å². The Morgan fingerprint density at radius 3 is 2.86 bits per heavy atom. The van der Waals surface area contributed by atoms with E-state index >= 15 is 0 Å². The summed E-state index contributed by atoms with van der Waals surface area (Å²) in [5.41, 5.74) is 0.107. The van der Waals surface area contributed by atoms with Gasteiger partial charge in [-0.2, -0.15) is 0 Å². The Bertz CT molecular complexity index is 722. The van der Waals surface area contributed by atoms with E-state index < -0.39 is 6.43 Å². The van der Waals surface area contributed by atoms with Crippen LogP contribution in [0, 0.1) is 0 Å². The molecule has 3 heterocycles. The van der Waals surface area contributed by atoms with Crippen molar-refractivity contribution in [2.75, 3.05) is 6.54 Å². The van der Waals surface area contributed by atoms with Crippen molar-refractivity contribution >= 4 is 17.2 Å². The second-order valence-corrected chi connectivity index (χ2v) is 6.57. The number of rotatable bonds is 3. The third kappa shape index (κ3) is 2.22. The fourth-order valence-corrected chi connectivity index (χ4v) is 3.57. The van der Waals surface area contributed by atoms with Gasteiger partial charge in [0.25, 0.3) is 12.3 Å². The lowest BCUT2D eigenvalue weighted by molar-refractivity contribution is 0.0697. The molecule has 2 aromatic heterocycles. The highest BCUT2D eigenvalue weighted by atomic mass is 32.1. The van der Waals surface area contributed by atoms with E-state index in [0.29, 0.717) is 25.6 Å². The number of amides is 1. The van der Waals surface area contributed by atoms with Crippen molar-refractivity contribution in [1.82, 2.24) is 19.7 Å². The Morgan fingerprint density at radius 2 is 2.14 bits per heavy atom. The van der Waals surface area contributed by atoms with Crippen LogP contribution in [0.4, 0.5) is 8.78 Å². The van der Waals surface area contributed by atoms with Crippen molar-refractivity contribution < 1.29 is 13.6 Å². The van der Waals surface area contributed by atoms with Gasteiger partial charge in [-0.25, -0.2) is 8.78 Å². The molecule has 0 bridgehead atoms. The summed E-state index contributed by atoms with van der Waals surface area (Å²) in [6.07, 6.45) is -0.324. The lowest BCUT2D eigenvalue weighted by Gasteiger charge is -2.28. The van der Waals surface area contributed by atoms with Gasteiger partial charge in [-0.05, 0) is 24.3 Å². The van der Waals surface area contributed by atoms with Crippen LogP contribution < -0.4 is 0 Å². The average Bonchev–Trinajstić information content (AvgIpc) is 3.09. The van der Waals surface area contributed by atoms with Crippen LogP contribution in [0.25, 0.3) is 0 Å². The minimum atomic E-state index is -2.62. The van der Waals surface area contributed by atoms with E-state index in [1.807, 2.05) is 0 Å². The van der Waals surface area contributed by atoms with Crippen molar-refractivity contribution in [2.24, 2.45) is 0 Å². The molecule has 5 nitrogen and oxygen atoms in total. The summed E-state index contributed by atoms with van der Waals surface area (Å²) in [5.74, 6) is 1.91. The van der Waals surface area contributed by atoms with E-state index in [2.05, 4.69) is 14.8 Å². The van der Waals surface area contributed by atoms with E-state index in [0.717, 1.165) is 35.8 Å². The minimum Gasteiger partial charge on any atom is -0.329 e. The summed E-state index contributed by atoms with van der Waals surface area (Å²) < 4.78 is 28.0. The second kappa shape index (κ2) is 5.12. The molecule has 2 aromatic rings. The molecule has 0 saturated heterocycles. The maximum absolute atomic E-state index is 12.9. The molecule has 0 radical (unpaired) electrons. The third-order valence-electron chi connectivity index (χ3n) is 4.14. The standard InChI is InChI=1S/C14H14F2N4OS/c15-12(16)11-9(3-6-22-11)14(21)19-4-5-20-10(7-19)17-18-13(20)8-1-2-8/h3,6,8,12H,1-2,4-5,7H2. The molecule has 0 aromatic carbocycles. The van der Waals surface area contributed by atoms with Crippen LogP contribution in [0.1, 0.15) is 52.1 Å². The van der Waals surface area contributed by atoms with Crippen LogP contribution >= 0.6 is 11.3 Å². The highest BCUT2D eigenvalue weighted by Gasteiger charge is 2.33. The summed E-state index contributed by atoms with van der Waals surface area (Å²) in [4.78, 5) is 13.9. The Balaban J connectivity index is 1.56. The number of carbonyl (C=O) groups excluding carboxylic acids is 1. The van der Waals surface area contributed by atoms with Crippen molar-refractivity contribution in [1.29, 1.82) is 0 Å². The van der Waals surface area contributed by atoms with Crippen LogP contribution in [-0.2, 0) is 13.1 Å². The zero-order valence-corrected chi connectivity index (χ0v) is 12.5. The van der Waals surface area contributed by atoms with Crippen LogP contribution in [0.3, 0.4) is 0 Å². The molecule has 0 spiro atoms. The van der Waals surface area contributed by atoms with Gasteiger partial charge in [-0.3, -0.25) is 4.79 Å². The van der Waals surface area contributed by atoms with Gasteiger partial charge in [0.2, 0.25) is 0 Å². The Kier molecular flexibility index (Phi) is 3.21. The predicted octanol–water partition coefficient (Wildman–Crippen LogP) is 2.81. The first kappa shape index (κ1) is 13.8. The molecule has 8 heteroatoms. The maximum Gasteiger partial charge on any atom is 0.273 e. The van der Waals surface area contributed by atoms with Gasteiger partial charge in [0.05, 0.1) is 17.0 Å². The molecule has 1 aliphatic carbocycles. The fourth-order valence-electron chi connectivity index (χ4n) is 2.83. The number of hydrogen-bond donors (Lipinski definition) is 0. The van der Waals surface area contributed by atoms with Gasteiger partial charge >= 0.3 is 0 Å². The molecule has 1 aliphatic heterocycles. The largest absolute Gasteiger partial charge is 0.329 e. The lowest BCUT2D eigenvalue weighted by atomic mass is 10.2. The van der Waals surface area contributed by atoms with Crippen LogP contribution in [0.5, 0.6) is 0 Å². The quantitative estimate of drug-likeness (QED) is 0.872. The minimum absolute atomic E-state index is 0.107. The lowest BCUT2D eigenvalue weighted by Crippen LogP contribution is -2.39.